The maximum absolute atomic E-state index is 12.4. The Morgan fingerprint density at radius 2 is 1.66 bits per heavy atom. The first-order chi connectivity index (χ1) is 19.8. The molecule has 0 aliphatic carbocycles. The molecule has 2 aliphatic rings. The van der Waals surface area contributed by atoms with Gasteiger partial charge in [-0.15, -0.1) is 0 Å². The third-order valence-corrected chi connectivity index (χ3v) is 8.25. The number of hydrogen-bond donors (Lipinski definition) is 1. The number of nitrogens with zero attached hydrogens (tertiary/aromatic N) is 7. The quantitative estimate of drug-likeness (QED) is 0.222. The van der Waals surface area contributed by atoms with Gasteiger partial charge in [0.15, 0.2) is 0 Å². The number of nitrogen functional groups attached to an aromatic ring is 1. The van der Waals surface area contributed by atoms with E-state index in [-0.39, 0.29) is 45.3 Å². The van der Waals surface area contributed by atoms with Gasteiger partial charge in [-0.05, 0) is 76.6 Å². The van der Waals surface area contributed by atoms with Gasteiger partial charge in [-0.3, -0.25) is 10.1 Å². The molecule has 0 unspecified atom stereocenters. The first kappa shape index (κ1) is 27.7. The first-order valence-corrected chi connectivity index (χ1v) is 14.2. The largest absolute Gasteiger partial charge is 0.382 e. The van der Waals surface area contributed by atoms with E-state index in [1.807, 2.05) is 36.4 Å². The van der Waals surface area contributed by atoms with Gasteiger partial charge in [-0.2, -0.15) is 15.6 Å². The van der Waals surface area contributed by atoms with Crippen molar-refractivity contribution >= 4 is 34.5 Å². The Hall–Kier alpha value is -4.83. The fraction of sp³-hybridized carbons (Fsp3) is 0.387. The van der Waals surface area contributed by atoms with Crippen molar-refractivity contribution in [3.05, 3.63) is 69.4 Å². The van der Waals surface area contributed by atoms with Crippen LogP contribution in [0, 0.1) is 32.8 Å². The van der Waals surface area contributed by atoms with Crippen molar-refractivity contribution < 1.29 is 4.92 Å². The van der Waals surface area contributed by atoms with Crippen LogP contribution in [-0.2, 0) is 0 Å². The highest BCUT2D eigenvalue weighted by atomic mass is 16.6. The van der Waals surface area contributed by atoms with E-state index in [2.05, 4.69) is 40.9 Å². The standard InChI is InChI=1S/C31H34N8O2/c1-21-10-6-8-14-36(21)27-18-28(37-15-9-7-11-22(37)2)29(39(40)41)17-23(27)16-24(19-32)30-26(20-33)31(34)38(35-30)25-12-4-3-5-13-25/h3-5,12-13,16-18,21-22H,6-11,14-15,34H2,1-2H3/b24-16+/t21-,22+/m0/s1. The molecule has 2 saturated heterocycles. The second kappa shape index (κ2) is 11.7. The number of nitro benzene ring substituents is 1. The normalized spacial score (nSPS) is 19.5. The average molecular weight is 551 g/mol. The zero-order valence-electron chi connectivity index (χ0n) is 23.5. The van der Waals surface area contributed by atoms with E-state index in [0.717, 1.165) is 57.3 Å². The summed E-state index contributed by atoms with van der Waals surface area (Å²) in [6.45, 7) is 5.86. The third kappa shape index (κ3) is 5.33. The van der Waals surface area contributed by atoms with Crippen LogP contribution in [0.3, 0.4) is 0 Å². The van der Waals surface area contributed by atoms with E-state index < -0.39 is 0 Å². The molecular weight excluding hydrogens is 516 g/mol. The number of hydrogen-bond acceptors (Lipinski definition) is 8. The van der Waals surface area contributed by atoms with Crippen molar-refractivity contribution in [3.63, 3.8) is 0 Å². The number of anilines is 3. The maximum Gasteiger partial charge on any atom is 0.293 e. The van der Waals surface area contributed by atoms with Crippen LogP contribution in [0.5, 0.6) is 0 Å². The summed E-state index contributed by atoms with van der Waals surface area (Å²) >= 11 is 0. The van der Waals surface area contributed by atoms with Gasteiger partial charge in [0.2, 0.25) is 0 Å². The monoisotopic (exact) mass is 550 g/mol. The summed E-state index contributed by atoms with van der Waals surface area (Å²) in [6.07, 6.45) is 7.84. The van der Waals surface area contributed by atoms with E-state index >= 15 is 0 Å². The number of para-hydroxylation sites is 1. The molecule has 2 aliphatic heterocycles. The van der Waals surface area contributed by atoms with Crippen LogP contribution in [0.25, 0.3) is 17.3 Å². The fourth-order valence-corrected chi connectivity index (χ4v) is 6.04. The predicted octanol–water partition coefficient (Wildman–Crippen LogP) is 6.06. The summed E-state index contributed by atoms with van der Waals surface area (Å²) in [5, 5.41) is 37.2. The van der Waals surface area contributed by atoms with Gasteiger partial charge in [0.25, 0.3) is 5.69 Å². The van der Waals surface area contributed by atoms with Crippen molar-refractivity contribution in [3.8, 4) is 17.8 Å². The number of piperidine rings is 2. The molecule has 2 atom stereocenters. The van der Waals surface area contributed by atoms with Gasteiger partial charge >= 0.3 is 0 Å². The minimum atomic E-state index is -0.341. The molecular formula is C31H34N8O2. The van der Waals surface area contributed by atoms with Crippen LogP contribution in [0.4, 0.5) is 22.9 Å². The number of nitrogens with two attached hydrogens (primary N) is 1. The Labute approximate surface area is 240 Å². The number of aromatic nitrogens is 2. The van der Waals surface area contributed by atoms with Crippen LogP contribution in [0.2, 0.25) is 0 Å². The number of benzene rings is 2. The summed E-state index contributed by atoms with van der Waals surface area (Å²) in [5.41, 5.74) is 9.32. The van der Waals surface area contributed by atoms with Crippen molar-refractivity contribution in [1.29, 1.82) is 10.5 Å². The van der Waals surface area contributed by atoms with E-state index in [0.29, 0.717) is 16.9 Å². The van der Waals surface area contributed by atoms with Gasteiger partial charge in [-0.1, -0.05) is 18.2 Å². The summed E-state index contributed by atoms with van der Waals surface area (Å²) in [5.74, 6) is 0.125. The second-order valence-electron chi connectivity index (χ2n) is 10.9. The molecule has 5 rings (SSSR count). The molecule has 2 fully saturated rings. The number of nitriles is 2. The molecule has 10 nitrogen and oxygen atoms in total. The van der Waals surface area contributed by atoms with Crippen molar-refractivity contribution in [1.82, 2.24) is 9.78 Å². The summed E-state index contributed by atoms with van der Waals surface area (Å²) < 4.78 is 1.44. The van der Waals surface area contributed by atoms with Gasteiger partial charge in [0.1, 0.15) is 34.9 Å². The maximum atomic E-state index is 12.4. The SMILES string of the molecule is C[C@@H]1CCCCN1c1cc(N2CCCC[C@@H]2C)c(/C=C(\C#N)c2nn(-c3ccccc3)c(N)c2C#N)cc1[N+](=O)[O-]. The molecule has 0 amide bonds. The number of rotatable bonds is 6. The Bertz CT molecular complexity index is 1560. The molecule has 2 N–H and O–H groups in total. The van der Waals surface area contributed by atoms with Crippen LogP contribution in [0.15, 0.2) is 42.5 Å². The highest BCUT2D eigenvalue weighted by Gasteiger charge is 2.30. The second-order valence-corrected chi connectivity index (χ2v) is 10.9. The van der Waals surface area contributed by atoms with Crippen LogP contribution >= 0.6 is 0 Å². The van der Waals surface area contributed by atoms with Crippen molar-refractivity contribution in [2.45, 2.75) is 64.5 Å². The molecule has 0 radical (unpaired) electrons. The van der Waals surface area contributed by atoms with Crippen LogP contribution in [-0.4, -0.2) is 39.9 Å². The zero-order chi connectivity index (χ0) is 29.1. The molecule has 0 saturated carbocycles. The van der Waals surface area contributed by atoms with E-state index in [1.165, 1.54) is 4.68 Å². The first-order valence-electron chi connectivity index (χ1n) is 14.2. The van der Waals surface area contributed by atoms with Gasteiger partial charge in [-0.25, -0.2) is 4.68 Å². The third-order valence-electron chi connectivity index (χ3n) is 8.25. The Morgan fingerprint density at radius 3 is 2.22 bits per heavy atom. The summed E-state index contributed by atoms with van der Waals surface area (Å²) in [6, 6.07) is 17.4. The van der Waals surface area contributed by atoms with E-state index in [4.69, 9.17) is 5.73 Å². The summed E-state index contributed by atoms with van der Waals surface area (Å²) in [4.78, 5) is 16.5. The number of nitro groups is 1. The predicted molar refractivity (Wildman–Crippen MR) is 161 cm³/mol. The lowest BCUT2D eigenvalue weighted by Crippen LogP contribution is -2.39. The molecule has 3 aromatic rings. The lowest BCUT2D eigenvalue weighted by Gasteiger charge is -2.39. The van der Waals surface area contributed by atoms with Crippen molar-refractivity contribution in [2.75, 3.05) is 28.6 Å². The van der Waals surface area contributed by atoms with Gasteiger partial charge in [0.05, 0.1) is 16.2 Å². The molecule has 0 bridgehead atoms. The Balaban J connectivity index is 1.71. The van der Waals surface area contributed by atoms with E-state index in [1.54, 1.807) is 12.1 Å². The molecule has 210 valence electrons. The van der Waals surface area contributed by atoms with Crippen LogP contribution < -0.4 is 15.5 Å². The summed E-state index contributed by atoms with van der Waals surface area (Å²) in [7, 11) is 0. The highest BCUT2D eigenvalue weighted by molar-refractivity contribution is 5.95. The molecule has 1 aromatic heterocycles. The van der Waals surface area contributed by atoms with Crippen molar-refractivity contribution in [2.24, 2.45) is 0 Å². The highest BCUT2D eigenvalue weighted by Crippen LogP contribution is 2.41. The molecule has 41 heavy (non-hydrogen) atoms. The Morgan fingerprint density at radius 1 is 1.02 bits per heavy atom. The average Bonchev–Trinajstić information content (AvgIpc) is 3.32. The Kier molecular flexibility index (Phi) is 7.93. The molecule has 10 heteroatoms. The molecule has 2 aromatic carbocycles. The molecule has 3 heterocycles. The topological polar surface area (TPSA) is 141 Å². The van der Waals surface area contributed by atoms with Gasteiger partial charge < -0.3 is 15.5 Å². The number of allylic oxidation sites excluding steroid dienone is 1. The fourth-order valence-electron chi connectivity index (χ4n) is 6.04. The van der Waals surface area contributed by atoms with Gasteiger partial charge in [0, 0.05) is 42.5 Å². The molecule has 0 spiro atoms. The zero-order valence-corrected chi connectivity index (χ0v) is 23.5. The smallest absolute Gasteiger partial charge is 0.293 e. The lowest BCUT2D eigenvalue weighted by atomic mass is 9.97. The van der Waals surface area contributed by atoms with E-state index in [9.17, 15) is 20.6 Å². The minimum absolute atomic E-state index is 0.00513. The van der Waals surface area contributed by atoms with Crippen LogP contribution in [0.1, 0.15) is 69.2 Å². The minimum Gasteiger partial charge on any atom is -0.382 e. The lowest BCUT2D eigenvalue weighted by molar-refractivity contribution is -0.384.